The zero-order chi connectivity index (χ0) is 9.80. The largest absolute Gasteiger partial charge is 0.472 e. The first-order valence-corrected chi connectivity index (χ1v) is 5.57. The zero-order valence-corrected chi connectivity index (χ0v) is 8.88. The second-order valence-electron chi connectivity index (χ2n) is 3.29. The summed E-state index contributed by atoms with van der Waals surface area (Å²) in [5, 5.41) is 7.69. The average molecular weight is 207 g/mol. The highest BCUT2D eigenvalue weighted by Crippen LogP contribution is 2.13. The quantitative estimate of drug-likeness (QED) is 0.833. The molecule has 2 aromatic rings. The summed E-state index contributed by atoms with van der Waals surface area (Å²) in [7, 11) is 0. The molecule has 2 aromatic heterocycles. The summed E-state index contributed by atoms with van der Waals surface area (Å²) in [4.78, 5) is 0. The number of nitrogens with one attached hydrogen (secondary N) is 1. The van der Waals surface area contributed by atoms with Crippen LogP contribution in [-0.2, 0) is 6.54 Å². The van der Waals surface area contributed by atoms with E-state index in [1.165, 1.54) is 11.1 Å². The van der Waals surface area contributed by atoms with Gasteiger partial charge < -0.3 is 9.73 Å². The molecule has 0 spiro atoms. The molecule has 0 amide bonds. The van der Waals surface area contributed by atoms with Crippen LogP contribution >= 0.6 is 11.3 Å². The van der Waals surface area contributed by atoms with Gasteiger partial charge in [-0.15, -0.1) is 0 Å². The van der Waals surface area contributed by atoms with Gasteiger partial charge in [-0.1, -0.05) is 0 Å². The van der Waals surface area contributed by atoms with E-state index in [4.69, 9.17) is 4.42 Å². The van der Waals surface area contributed by atoms with Gasteiger partial charge in [-0.05, 0) is 35.4 Å². The smallest absolute Gasteiger partial charge is 0.0950 e. The Morgan fingerprint density at radius 3 is 3.07 bits per heavy atom. The standard InChI is InChI=1S/C11H13NOS/c1-9(11-2-4-13-7-11)12-6-10-3-5-14-8-10/h2-5,7-9,12H,6H2,1H3. The third-order valence-electron chi connectivity index (χ3n) is 2.24. The number of thiophene rings is 1. The molecule has 3 heteroatoms. The minimum absolute atomic E-state index is 0.341. The number of rotatable bonds is 4. The highest BCUT2D eigenvalue weighted by molar-refractivity contribution is 7.07. The summed E-state index contributed by atoms with van der Waals surface area (Å²) in [6.45, 7) is 3.05. The summed E-state index contributed by atoms with van der Waals surface area (Å²) in [6.07, 6.45) is 3.49. The molecule has 0 aromatic carbocycles. The summed E-state index contributed by atoms with van der Waals surface area (Å²) in [5.41, 5.74) is 2.53. The number of hydrogen-bond donors (Lipinski definition) is 1. The first kappa shape index (κ1) is 9.49. The van der Waals surface area contributed by atoms with Crippen LogP contribution in [0.2, 0.25) is 0 Å². The van der Waals surface area contributed by atoms with E-state index in [2.05, 4.69) is 29.1 Å². The molecule has 0 radical (unpaired) electrons. The fourth-order valence-electron chi connectivity index (χ4n) is 1.30. The molecular formula is C11H13NOS. The summed E-state index contributed by atoms with van der Waals surface area (Å²) in [6, 6.07) is 4.47. The Balaban J connectivity index is 1.87. The average Bonchev–Trinajstić information content (AvgIpc) is 2.87. The van der Waals surface area contributed by atoms with Crippen molar-refractivity contribution in [2.75, 3.05) is 0 Å². The highest BCUT2D eigenvalue weighted by Gasteiger charge is 2.05. The fourth-order valence-corrected chi connectivity index (χ4v) is 1.97. The maximum absolute atomic E-state index is 5.03. The van der Waals surface area contributed by atoms with E-state index in [0.717, 1.165) is 6.54 Å². The maximum atomic E-state index is 5.03. The van der Waals surface area contributed by atoms with E-state index in [-0.39, 0.29) is 0 Å². The van der Waals surface area contributed by atoms with Crippen LogP contribution in [0.4, 0.5) is 0 Å². The zero-order valence-electron chi connectivity index (χ0n) is 8.07. The van der Waals surface area contributed by atoms with Crippen molar-refractivity contribution in [3.63, 3.8) is 0 Å². The van der Waals surface area contributed by atoms with Gasteiger partial charge in [0.1, 0.15) is 0 Å². The van der Waals surface area contributed by atoms with Gasteiger partial charge >= 0.3 is 0 Å². The molecule has 14 heavy (non-hydrogen) atoms. The van der Waals surface area contributed by atoms with Crippen molar-refractivity contribution in [2.45, 2.75) is 19.5 Å². The molecule has 0 aliphatic rings. The third-order valence-corrected chi connectivity index (χ3v) is 2.97. The first-order chi connectivity index (χ1) is 6.86. The van der Waals surface area contributed by atoms with E-state index in [1.807, 2.05) is 6.07 Å². The van der Waals surface area contributed by atoms with Gasteiger partial charge in [-0.25, -0.2) is 0 Å². The molecule has 1 N–H and O–H groups in total. The van der Waals surface area contributed by atoms with Crippen molar-refractivity contribution in [2.24, 2.45) is 0 Å². The van der Waals surface area contributed by atoms with E-state index >= 15 is 0 Å². The van der Waals surface area contributed by atoms with Crippen molar-refractivity contribution >= 4 is 11.3 Å². The van der Waals surface area contributed by atoms with Crippen LogP contribution in [0.25, 0.3) is 0 Å². The van der Waals surface area contributed by atoms with Gasteiger partial charge in [0, 0.05) is 18.2 Å². The summed E-state index contributed by atoms with van der Waals surface area (Å²) < 4.78 is 5.03. The maximum Gasteiger partial charge on any atom is 0.0950 e. The predicted molar refractivity (Wildman–Crippen MR) is 58.3 cm³/mol. The number of furan rings is 1. The normalized spacial score (nSPS) is 12.9. The molecule has 0 saturated carbocycles. The predicted octanol–water partition coefficient (Wildman–Crippen LogP) is 3.19. The van der Waals surface area contributed by atoms with E-state index in [9.17, 15) is 0 Å². The first-order valence-electron chi connectivity index (χ1n) is 4.63. The van der Waals surface area contributed by atoms with E-state index in [1.54, 1.807) is 23.9 Å². The van der Waals surface area contributed by atoms with Crippen LogP contribution in [0.1, 0.15) is 24.1 Å². The second kappa shape index (κ2) is 4.44. The van der Waals surface area contributed by atoms with Crippen LogP contribution in [0, 0.1) is 0 Å². The highest BCUT2D eigenvalue weighted by atomic mass is 32.1. The Labute approximate surface area is 87.6 Å². The summed E-state index contributed by atoms with van der Waals surface area (Å²) in [5.74, 6) is 0. The van der Waals surface area contributed by atoms with Gasteiger partial charge in [-0.3, -0.25) is 0 Å². The van der Waals surface area contributed by atoms with Crippen LogP contribution in [0.5, 0.6) is 0 Å². The lowest BCUT2D eigenvalue weighted by atomic mass is 10.2. The molecule has 0 fully saturated rings. The molecule has 2 heterocycles. The molecule has 0 aliphatic carbocycles. The Kier molecular flexibility index (Phi) is 3.01. The molecular weight excluding hydrogens is 194 g/mol. The Morgan fingerprint density at radius 1 is 1.50 bits per heavy atom. The minimum atomic E-state index is 0.341. The van der Waals surface area contributed by atoms with Crippen LogP contribution in [0.3, 0.4) is 0 Å². The molecule has 1 atom stereocenters. The fraction of sp³-hybridized carbons (Fsp3) is 0.273. The van der Waals surface area contributed by atoms with Gasteiger partial charge in [0.15, 0.2) is 0 Å². The monoisotopic (exact) mass is 207 g/mol. The van der Waals surface area contributed by atoms with Crippen LogP contribution in [-0.4, -0.2) is 0 Å². The molecule has 0 bridgehead atoms. The molecule has 2 rings (SSSR count). The van der Waals surface area contributed by atoms with E-state index in [0.29, 0.717) is 6.04 Å². The summed E-state index contributed by atoms with van der Waals surface area (Å²) >= 11 is 1.73. The lowest BCUT2D eigenvalue weighted by molar-refractivity contribution is 0.538. The molecule has 2 nitrogen and oxygen atoms in total. The van der Waals surface area contributed by atoms with Gasteiger partial charge in [0.05, 0.1) is 12.5 Å². The van der Waals surface area contributed by atoms with Crippen molar-refractivity contribution in [1.29, 1.82) is 0 Å². The third kappa shape index (κ3) is 2.25. The molecule has 74 valence electrons. The van der Waals surface area contributed by atoms with Crippen molar-refractivity contribution in [3.8, 4) is 0 Å². The van der Waals surface area contributed by atoms with Gasteiger partial charge in [0.25, 0.3) is 0 Å². The minimum Gasteiger partial charge on any atom is -0.472 e. The van der Waals surface area contributed by atoms with Crippen molar-refractivity contribution < 1.29 is 4.42 Å². The Bertz CT molecular complexity index is 353. The lowest BCUT2D eigenvalue weighted by Gasteiger charge is -2.10. The van der Waals surface area contributed by atoms with Crippen LogP contribution < -0.4 is 5.32 Å². The van der Waals surface area contributed by atoms with Crippen LogP contribution in [0.15, 0.2) is 39.8 Å². The SMILES string of the molecule is CC(NCc1ccsc1)c1ccoc1. The molecule has 0 aliphatic heterocycles. The van der Waals surface area contributed by atoms with Crippen molar-refractivity contribution in [1.82, 2.24) is 5.32 Å². The van der Waals surface area contributed by atoms with Gasteiger partial charge in [-0.2, -0.15) is 11.3 Å². The Hall–Kier alpha value is -1.06. The lowest BCUT2D eigenvalue weighted by Crippen LogP contribution is -2.17. The molecule has 0 saturated heterocycles. The second-order valence-corrected chi connectivity index (χ2v) is 4.07. The van der Waals surface area contributed by atoms with E-state index < -0.39 is 0 Å². The number of hydrogen-bond acceptors (Lipinski definition) is 3. The topological polar surface area (TPSA) is 25.2 Å². The Morgan fingerprint density at radius 2 is 2.43 bits per heavy atom. The van der Waals surface area contributed by atoms with Crippen molar-refractivity contribution in [3.05, 3.63) is 46.5 Å². The van der Waals surface area contributed by atoms with Gasteiger partial charge in [0.2, 0.25) is 0 Å². The molecule has 1 unspecified atom stereocenters.